The molecule has 1 aliphatic carbocycles. The van der Waals surface area contributed by atoms with Gasteiger partial charge < -0.3 is 15.4 Å². The summed E-state index contributed by atoms with van der Waals surface area (Å²) in [6, 6.07) is 5.53. The molecule has 0 radical (unpaired) electrons. The highest BCUT2D eigenvalue weighted by Gasteiger charge is 2.16. The zero-order valence-electron chi connectivity index (χ0n) is 14.1. The number of ether oxygens (including phenoxy) is 1. The van der Waals surface area contributed by atoms with Crippen LogP contribution in [0.3, 0.4) is 0 Å². The molecule has 130 valence electrons. The van der Waals surface area contributed by atoms with Gasteiger partial charge >= 0.3 is 0 Å². The molecule has 1 heterocycles. The molecular weight excluding hydrogens is 304 g/mol. The summed E-state index contributed by atoms with van der Waals surface area (Å²) >= 11 is 0. The molecule has 0 atom stereocenters. The predicted octanol–water partition coefficient (Wildman–Crippen LogP) is 3.04. The van der Waals surface area contributed by atoms with Crippen LogP contribution in [0.1, 0.15) is 50.5 Å². The van der Waals surface area contributed by atoms with Crippen molar-refractivity contribution in [2.45, 2.75) is 51.4 Å². The van der Waals surface area contributed by atoms with Crippen molar-refractivity contribution in [3.63, 3.8) is 0 Å². The number of carbonyl (C=O) groups excluding carboxylic acids is 2. The van der Waals surface area contributed by atoms with Crippen LogP contribution in [-0.4, -0.2) is 25.0 Å². The fourth-order valence-corrected chi connectivity index (χ4v) is 3.57. The molecule has 2 N–H and O–H groups in total. The molecule has 1 saturated carbocycles. The number of amides is 2. The van der Waals surface area contributed by atoms with Crippen LogP contribution in [0.25, 0.3) is 0 Å². The topological polar surface area (TPSA) is 67.4 Å². The number of carbonyl (C=O) groups is 2. The summed E-state index contributed by atoms with van der Waals surface area (Å²) in [5.41, 5.74) is 1.90. The van der Waals surface area contributed by atoms with Crippen molar-refractivity contribution in [2.24, 2.45) is 5.92 Å². The van der Waals surface area contributed by atoms with E-state index in [0.29, 0.717) is 18.6 Å². The van der Waals surface area contributed by atoms with Crippen LogP contribution in [0.5, 0.6) is 5.75 Å². The van der Waals surface area contributed by atoms with E-state index in [1.165, 1.54) is 32.1 Å². The Morgan fingerprint density at radius 1 is 1.25 bits per heavy atom. The molecule has 2 amide bonds. The lowest BCUT2D eigenvalue weighted by Gasteiger charge is -2.17. The number of aryl methyl sites for hydroxylation is 1. The van der Waals surface area contributed by atoms with Crippen LogP contribution in [-0.2, 0) is 16.0 Å². The standard InChI is InChI=1S/C19H26N2O3/c22-18-10-7-15-12-16(8-9-17(15)21-18)24-13-19(23)20-11-3-6-14-4-1-2-5-14/h8-9,12,14H,1-7,10-11,13H2,(H,20,23)(H,21,22). The van der Waals surface area contributed by atoms with Gasteiger partial charge in [-0.05, 0) is 48.9 Å². The fourth-order valence-electron chi connectivity index (χ4n) is 3.57. The Balaban J connectivity index is 1.36. The molecule has 1 aromatic rings. The fraction of sp³-hybridized carbons (Fsp3) is 0.579. The summed E-state index contributed by atoms with van der Waals surface area (Å²) in [4.78, 5) is 23.2. The monoisotopic (exact) mass is 330 g/mol. The molecule has 0 saturated heterocycles. The number of benzene rings is 1. The highest BCUT2D eigenvalue weighted by Crippen LogP contribution is 2.28. The molecule has 1 aromatic carbocycles. The van der Waals surface area contributed by atoms with Crippen LogP contribution in [0.4, 0.5) is 5.69 Å². The van der Waals surface area contributed by atoms with Crippen molar-refractivity contribution in [1.29, 1.82) is 0 Å². The third kappa shape index (κ3) is 4.73. The Morgan fingerprint density at radius 2 is 2.08 bits per heavy atom. The molecule has 0 bridgehead atoms. The third-order valence-corrected chi connectivity index (χ3v) is 4.93. The van der Waals surface area contributed by atoms with Gasteiger partial charge in [0.1, 0.15) is 5.75 Å². The number of hydrogen-bond acceptors (Lipinski definition) is 3. The van der Waals surface area contributed by atoms with E-state index in [2.05, 4.69) is 10.6 Å². The number of rotatable bonds is 7. The van der Waals surface area contributed by atoms with Gasteiger partial charge in [0.05, 0.1) is 0 Å². The van der Waals surface area contributed by atoms with Crippen LogP contribution in [0.15, 0.2) is 18.2 Å². The molecule has 0 spiro atoms. The molecule has 2 aliphatic rings. The summed E-state index contributed by atoms with van der Waals surface area (Å²) in [6.07, 6.45) is 8.94. The molecule has 0 aromatic heterocycles. The molecule has 5 nitrogen and oxygen atoms in total. The quantitative estimate of drug-likeness (QED) is 0.755. The lowest BCUT2D eigenvalue weighted by Crippen LogP contribution is -2.30. The van der Waals surface area contributed by atoms with E-state index in [-0.39, 0.29) is 18.4 Å². The average molecular weight is 330 g/mol. The van der Waals surface area contributed by atoms with Crippen LogP contribution in [0.2, 0.25) is 0 Å². The normalized spacial score (nSPS) is 17.2. The Labute approximate surface area is 143 Å². The summed E-state index contributed by atoms with van der Waals surface area (Å²) < 4.78 is 5.57. The first-order chi connectivity index (χ1) is 11.7. The lowest BCUT2D eigenvalue weighted by molar-refractivity contribution is -0.123. The number of fused-ring (bicyclic) bond motifs is 1. The molecule has 0 unspecified atom stereocenters. The van der Waals surface area contributed by atoms with E-state index in [1.54, 1.807) is 6.07 Å². The van der Waals surface area contributed by atoms with Gasteiger partial charge in [0.15, 0.2) is 6.61 Å². The van der Waals surface area contributed by atoms with Crippen LogP contribution < -0.4 is 15.4 Å². The lowest BCUT2D eigenvalue weighted by atomic mass is 10.0. The average Bonchev–Trinajstić information content (AvgIpc) is 3.10. The second kappa shape index (κ2) is 8.18. The van der Waals surface area contributed by atoms with E-state index >= 15 is 0 Å². The second-order valence-electron chi connectivity index (χ2n) is 6.80. The summed E-state index contributed by atoms with van der Waals surface area (Å²) in [7, 11) is 0. The van der Waals surface area contributed by atoms with Gasteiger partial charge in [-0.15, -0.1) is 0 Å². The highest BCUT2D eigenvalue weighted by molar-refractivity contribution is 5.94. The minimum Gasteiger partial charge on any atom is -0.484 e. The van der Waals surface area contributed by atoms with E-state index in [4.69, 9.17) is 4.74 Å². The van der Waals surface area contributed by atoms with Crippen LogP contribution >= 0.6 is 0 Å². The van der Waals surface area contributed by atoms with E-state index in [9.17, 15) is 9.59 Å². The van der Waals surface area contributed by atoms with Gasteiger partial charge in [-0.25, -0.2) is 0 Å². The summed E-state index contributed by atoms with van der Waals surface area (Å²) in [6.45, 7) is 0.767. The third-order valence-electron chi connectivity index (χ3n) is 4.93. The van der Waals surface area contributed by atoms with Gasteiger partial charge in [-0.3, -0.25) is 9.59 Å². The van der Waals surface area contributed by atoms with Crippen molar-refractivity contribution in [3.8, 4) is 5.75 Å². The van der Waals surface area contributed by atoms with Crippen LogP contribution in [0, 0.1) is 5.92 Å². The minimum atomic E-state index is -0.0764. The number of anilines is 1. The first kappa shape index (κ1) is 16.8. The van der Waals surface area contributed by atoms with Crippen molar-refractivity contribution >= 4 is 17.5 Å². The molecule has 24 heavy (non-hydrogen) atoms. The maximum atomic E-state index is 11.9. The van der Waals surface area contributed by atoms with E-state index in [0.717, 1.165) is 30.1 Å². The highest BCUT2D eigenvalue weighted by atomic mass is 16.5. The molecule has 5 heteroatoms. The largest absolute Gasteiger partial charge is 0.484 e. The summed E-state index contributed by atoms with van der Waals surface area (Å²) in [5, 5.41) is 5.76. The minimum absolute atomic E-state index is 0.0363. The predicted molar refractivity (Wildman–Crippen MR) is 93.1 cm³/mol. The van der Waals surface area contributed by atoms with E-state index < -0.39 is 0 Å². The van der Waals surface area contributed by atoms with Gasteiger partial charge in [0.25, 0.3) is 5.91 Å². The first-order valence-corrected chi connectivity index (χ1v) is 9.03. The van der Waals surface area contributed by atoms with Gasteiger partial charge in [-0.1, -0.05) is 25.7 Å². The van der Waals surface area contributed by atoms with Crippen molar-refractivity contribution in [1.82, 2.24) is 5.32 Å². The van der Waals surface area contributed by atoms with E-state index in [1.807, 2.05) is 12.1 Å². The maximum absolute atomic E-state index is 11.9. The SMILES string of the molecule is O=C(COc1ccc2c(c1)CCC(=O)N2)NCCCC1CCCC1. The van der Waals surface area contributed by atoms with Crippen molar-refractivity contribution in [2.75, 3.05) is 18.5 Å². The molecule has 1 fully saturated rings. The van der Waals surface area contributed by atoms with Gasteiger partial charge in [0.2, 0.25) is 5.91 Å². The van der Waals surface area contributed by atoms with Gasteiger partial charge in [0, 0.05) is 18.7 Å². The zero-order valence-corrected chi connectivity index (χ0v) is 14.1. The number of nitrogens with one attached hydrogen (secondary N) is 2. The number of hydrogen-bond donors (Lipinski definition) is 2. The Hall–Kier alpha value is -2.04. The van der Waals surface area contributed by atoms with Crippen molar-refractivity contribution in [3.05, 3.63) is 23.8 Å². The smallest absolute Gasteiger partial charge is 0.257 e. The zero-order chi connectivity index (χ0) is 16.8. The second-order valence-corrected chi connectivity index (χ2v) is 6.80. The van der Waals surface area contributed by atoms with Gasteiger partial charge in [-0.2, -0.15) is 0 Å². The molecule has 1 aliphatic heterocycles. The first-order valence-electron chi connectivity index (χ1n) is 9.03. The Kier molecular flexibility index (Phi) is 5.72. The summed E-state index contributed by atoms with van der Waals surface area (Å²) in [5.74, 6) is 1.51. The molecular formula is C19H26N2O3. The van der Waals surface area contributed by atoms with Crippen molar-refractivity contribution < 1.29 is 14.3 Å². The Morgan fingerprint density at radius 3 is 2.92 bits per heavy atom. The Bertz CT molecular complexity index is 594. The maximum Gasteiger partial charge on any atom is 0.257 e. The molecule has 3 rings (SSSR count).